The lowest BCUT2D eigenvalue weighted by Gasteiger charge is -2.20. The molecule has 21 heavy (non-hydrogen) atoms. The molecule has 6 heteroatoms. The lowest BCUT2D eigenvalue weighted by molar-refractivity contribution is 0.0919. The van der Waals surface area contributed by atoms with Gasteiger partial charge in [-0.05, 0) is 51.1 Å². The number of nitrogens with one attached hydrogen (secondary N) is 1. The second-order valence-corrected chi connectivity index (χ2v) is 5.40. The van der Waals surface area contributed by atoms with Crippen molar-refractivity contribution in [3.8, 4) is 5.75 Å². The summed E-state index contributed by atoms with van der Waals surface area (Å²) in [6, 6.07) is 6.54. The summed E-state index contributed by atoms with van der Waals surface area (Å²) in [5.41, 5.74) is 5.43. The molecule has 0 aromatic heterocycles. The molecule has 118 valence electrons. The van der Waals surface area contributed by atoms with Crippen LogP contribution in [0, 0.1) is 0 Å². The molecule has 0 aliphatic rings. The van der Waals surface area contributed by atoms with E-state index in [1.807, 2.05) is 20.8 Å². The van der Waals surface area contributed by atoms with Crippen molar-refractivity contribution in [3.63, 3.8) is 0 Å². The first-order valence-electron chi connectivity index (χ1n) is 6.42. The predicted octanol–water partition coefficient (Wildman–Crippen LogP) is 2.83. The quantitative estimate of drug-likeness (QED) is 0.878. The maximum absolute atomic E-state index is 13.1. The average molecular weight is 317 g/mol. The van der Waals surface area contributed by atoms with E-state index >= 15 is 0 Å². The third-order valence-electron chi connectivity index (χ3n) is 2.32. The van der Waals surface area contributed by atoms with Crippen LogP contribution in [0.5, 0.6) is 5.75 Å². The van der Waals surface area contributed by atoms with Crippen molar-refractivity contribution in [2.24, 2.45) is 5.73 Å². The number of halogens is 2. The molecule has 0 saturated heterocycles. The van der Waals surface area contributed by atoms with Crippen molar-refractivity contribution < 1.29 is 13.9 Å². The normalized spacial score (nSPS) is 11.6. The number of rotatable bonds is 5. The van der Waals surface area contributed by atoms with Crippen LogP contribution >= 0.6 is 12.4 Å². The first-order chi connectivity index (χ1) is 9.31. The molecule has 0 fully saturated rings. The molecule has 1 aromatic carbocycles. The smallest absolute Gasteiger partial charge is 0.251 e. The van der Waals surface area contributed by atoms with E-state index in [1.165, 1.54) is 6.08 Å². The van der Waals surface area contributed by atoms with Gasteiger partial charge in [-0.2, -0.15) is 0 Å². The van der Waals surface area contributed by atoms with E-state index in [4.69, 9.17) is 10.5 Å². The van der Waals surface area contributed by atoms with Gasteiger partial charge < -0.3 is 15.8 Å². The van der Waals surface area contributed by atoms with Gasteiger partial charge in [0.1, 0.15) is 18.2 Å². The van der Waals surface area contributed by atoms with Crippen molar-refractivity contribution in [2.45, 2.75) is 26.3 Å². The van der Waals surface area contributed by atoms with Gasteiger partial charge in [0.05, 0.1) is 0 Å². The standard InChI is InChI=1S/C15H21FN2O2.ClH/c1-15(2,3)18-14(19)11-4-6-13(7-5-11)20-10-12(16)8-9-17;/h4-8H,9-10,17H2,1-3H3,(H,18,19);1H/b12-8+;. The minimum atomic E-state index is -0.415. The highest BCUT2D eigenvalue weighted by atomic mass is 35.5. The van der Waals surface area contributed by atoms with E-state index in [0.29, 0.717) is 11.3 Å². The number of carbonyl (C=O) groups excluding carboxylic acids is 1. The Morgan fingerprint density at radius 1 is 1.33 bits per heavy atom. The first-order valence-corrected chi connectivity index (χ1v) is 6.42. The monoisotopic (exact) mass is 316 g/mol. The fourth-order valence-electron chi connectivity index (χ4n) is 1.45. The third-order valence-corrected chi connectivity index (χ3v) is 2.32. The zero-order valence-electron chi connectivity index (χ0n) is 12.5. The lowest BCUT2D eigenvalue weighted by Crippen LogP contribution is -2.40. The Morgan fingerprint density at radius 2 is 1.90 bits per heavy atom. The Hall–Kier alpha value is -1.59. The number of hydrogen-bond donors (Lipinski definition) is 2. The molecule has 1 rings (SSSR count). The van der Waals surface area contributed by atoms with Crippen LogP contribution in [0.25, 0.3) is 0 Å². The van der Waals surface area contributed by atoms with Gasteiger partial charge in [-0.25, -0.2) is 4.39 Å². The predicted molar refractivity (Wildman–Crippen MR) is 84.6 cm³/mol. The van der Waals surface area contributed by atoms with Crippen LogP contribution in [0.15, 0.2) is 36.2 Å². The second kappa shape index (κ2) is 8.64. The molecular weight excluding hydrogens is 295 g/mol. The Morgan fingerprint density at radius 3 is 2.38 bits per heavy atom. The molecular formula is C15H22ClFN2O2. The SMILES string of the molecule is CC(C)(C)NC(=O)c1ccc(OC/C(F)=C\CN)cc1.Cl. The molecule has 0 bridgehead atoms. The lowest BCUT2D eigenvalue weighted by atomic mass is 10.1. The van der Waals surface area contributed by atoms with E-state index in [9.17, 15) is 9.18 Å². The minimum Gasteiger partial charge on any atom is -0.487 e. The van der Waals surface area contributed by atoms with Crippen LogP contribution in [0.2, 0.25) is 0 Å². The van der Waals surface area contributed by atoms with Crippen LogP contribution in [-0.4, -0.2) is 24.6 Å². The molecule has 0 heterocycles. The molecule has 1 amide bonds. The summed E-state index contributed by atoms with van der Waals surface area (Å²) in [6.07, 6.45) is 1.26. The van der Waals surface area contributed by atoms with Crippen LogP contribution in [0.3, 0.4) is 0 Å². The molecule has 1 aromatic rings. The van der Waals surface area contributed by atoms with Crippen LogP contribution in [-0.2, 0) is 0 Å². The summed E-state index contributed by atoms with van der Waals surface area (Å²) in [6.45, 7) is 5.71. The highest BCUT2D eigenvalue weighted by molar-refractivity contribution is 5.94. The van der Waals surface area contributed by atoms with Gasteiger partial charge in [0.15, 0.2) is 0 Å². The zero-order valence-corrected chi connectivity index (χ0v) is 13.3. The van der Waals surface area contributed by atoms with E-state index in [1.54, 1.807) is 24.3 Å². The fraction of sp³-hybridized carbons (Fsp3) is 0.400. The largest absolute Gasteiger partial charge is 0.487 e. The van der Waals surface area contributed by atoms with Crippen molar-refractivity contribution >= 4 is 18.3 Å². The molecule has 3 N–H and O–H groups in total. The first kappa shape index (κ1) is 19.4. The second-order valence-electron chi connectivity index (χ2n) is 5.40. The number of ether oxygens (including phenoxy) is 1. The van der Waals surface area contributed by atoms with Gasteiger partial charge in [0, 0.05) is 17.6 Å². The van der Waals surface area contributed by atoms with Crippen LogP contribution < -0.4 is 15.8 Å². The molecule has 0 saturated carbocycles. The topological polar surface area (TPSA) is 64.3 Å². The highest BCUT2D eigenvalue weighted by Crippen LogP contribution is 2.14. The number of amides is 1. The van der Waals surface area contributed by atoms with E-state index < -0.39 is 5.83 Å². The summed E-state index contributed by atoms with van der Waals surface area (Å²) in [4.78, 5) is 11.9. The Kier molecular flexibility index (Phi) is 7.99. The van der Waals surface area contributed by atoms with Crippen molar-refractivity contribution in [3.05, 3.63) is 41.7 Å². The van der Waals surface area contributed by atoms with Gasteiger partial charge in [-0.15, -0.1) is 12.4 Å². The van der Waals surface area contributed by atoms with Crippen molar-refractivity contribution in [1.29, 1.82) is 0 Å². The van der Waals surface area contributed by atoms with Crippen LogP contribution in [0.1, 0.15) is 31.1 Å². The third kappa shape index (κ3) is 7.68. The summed E-state index contributed by atoms with van der Waals surface area (Å²) < 4.78 is 18.3. The summed E-state index contributed by atoms with van der Waals surface area (Å²) >= 11 is 0. The average Bonchev–Trinajstić information content (AvgIpc) is 2.35. The Balaban J connectivity index is 0.00000400. The summed E-state index contributed by atoms with van der Waals surface area (Å²) in [5.74, 6) is -0.0711. The number of carbonyl (C=O) groups is 1. The maximum Gasteiger partial charge on any atom is 0.251 e. The van der Waals surface area contributed by atoms with E-state index in [0.717, 1.165) is 0 Å². The summed E-state index contributed by atoms with van der Waals surface area (Å²) in [5, 5.41) is 2.86. The minimum absolute atomic E-state index is 0. The molecule has 0 aliphatic carbocycles. The highest BCUT2D eigenvalue weighted by Gasteiger charge is 2.15. The molecule has 0 aliphatic heterocycles. The molecule has 4 nitrogen and oxygen atoms in total. The molecule has 0 unspecified atom stereocenters. The van der Waals surface area contributed by atoms with Crippen molar-refractivity contribution in [2.75, 3.05) is 13.2 Å². The van der Waals surface area contributed by atoms with E-state index in [2.05, 4.69) is 5.32 Å². The van der Waals surface area contributed by atoms with Gasteiger partial charge in [-0.1, -0.05) is 0 Å². The fourth-order valence-corrected chi connectivity index (χ4v) is 1.45. The number of nitrogens with two attached hydrogens (primary N) is 1. The molecule has 0 atom stereocenters. The molecule has 0 radical (unpaired) electrons. The number of hydrogen-bond acceptors (Lipinski definition) is 3. The zero-order chi connectivity index (χ0) is 15.2. The van der Waals surface area contributed by atoms with E-state index in [-0.39, 0.29) is 37.0 Å². The summed E-state index contributed by atoms with van der Waals surface area (Å²) in [7, 11) is 0. The molecule has 0 spiro atoms. The Bertz CT molecular complexity index is 481. The van der Waals surface area contributed by atoms with Gasteiger partial charge in [0.25, 0.3) is 5.91 Å². The Labute approximate surface area is 131 Å². The van der Waals surface area contributed by atoms with Gasteiger partial charge >= 0.3 is 0 Å². The maximum atomic E-state index is 13.1. The van der Waals surface area contributed by atoms with Crippen molar-refractivity contribution in [1.82, 2.24) is 5.32 Å². The van der Waals surface area contributed by atoms with Gasteiger partial charge in [-0.3, -0.25) is 4.79 Å². The van der Waals surface area contributed by atoms with Crippen LogP contribution in [0.4, 0.5) is 4.39 Å². The van der Waals surface area contributed by atoms with Gasteiger partial charge in [0.2, 0.25) is 0 Å². The number of benzene rings is 1.